The second kappa shape index (κ2) is 6.88. The number of halogens is 1. The number of benzene rings is 1. The van der Waals surface area contributed by atoms with Crippen LogP contribution in [0.5, 0.6) is 0 Å². The van der Waals surface area contributed by atoms with Crippen LogP contribution in [-0.4, -0.2) is 32.0 Å². The predicted molar refractivity (Wildman–Crippen MR) is 81.1 cm³/mol. The fourth-order valence-electron chi connectivity index (χ4n) is 2.58. The van der Waals surface area contributed by atoms with E-state index in [4.69, 9.17) is 4.74 Å². The Labute approximate surface area is 127 Å². The second-order valence-electron chi connectivity index (χ2n) is 4.93. The Morgan fingerprint density at radius 3 is 3.05 bits per heavy atom. The third kappa shape index (κ3) is 3.60. The van der Waals surface area contributed by atoms with Crippen LogP contribution < -0.4 is 4.90 Å². The van der Waals surface area contributed by atoms with Gasteiger partial charge < -0.3 is 9.64 Å². The van der Waals surface area contributed by atoms with Gasteiger partial charge in [0.1, 0.15) is 0 Å². The predicted octanol–water partition coefficient (Wildman–Crippen LogP) is 3.04. The summed E-state index contributed by atoms with van der Waals surface area (Å²) in [5, 5.41) is 0. The monoisotopic (exact) mass is 339 g/mol. The van der Waals surface area contributed by atoms with Gasteiger partial charge in [0.2, 0.25) is 0 Å². The summed E-state index contributed by atoms with van der Waals surface area (Å²) in [7, 11) is 0. The van der Waals surface area contributed by atoms with Gasteiger partial charge in [-0.05, 0) is 37.5 Å². The molecule has 2 rings (SSSR count). The van der Waals surface area contributed by atoms with Gasteiger partial charge in [-0.3, -0.25) is 9.59 Å². The van der Waals surface area contributed by atoms with Gasteiger partial charge >= 0.3 is 5.97 Å². The zero-order valence-electron chi connectivity index (χ0n) is 11.5. The van der Waals surface area contributed by atoms with E-state index in [-0.39, 0.29) is 5.97 Å². The molecule has 0 bridgehead atoms. The molecule has 0 saturated carbocycles. The number of carbonyl (C=O) groups excluding carboxylic acids is 2. The third-order valence-electron chi connectivity index (χ3n) is 3.50. The largest absolute Gasteiger partial charge is 0.466 e. The average Bonchev–Trinajstić information content (AvgIpc) is 2.87. The van der Waals surface area contributed by atoms with Crippen LogP contribution >= 0.6 is 15.9 Å². The Hall–Kier alpha value is -1.36. The number of rotatable bonds is 5. The van der Waals surface area contributed by atoms with Gasteiger partial charge in [0, 0.05) is 28.8 Å². The fourth-order valence-corrected chi connectivity index (χ4v) is 2.96. The van der Waals surface area contributed by atoms with Crippen LogP contribution in [0.3, 0.4) is 0 Å². The van der Waals surface area contributed by atoms with Crippen LogP contribution in [0.1, 0.15) is 30.1 Å². The van der Waals surface area contributed by atoms with Gasteiger partial charge in [0.05, 0.1) is 13.0 Å². The summed E-state index contributed by atoms with van der Waals surface area (Å²) in [6, 6.07) is 5.70. The number of nitrogens with zero attached hydrogens (tertiary/aromatic N) is 1. The van der Waals surface area contributed by atoms with Crippen molar-refractivity contribution in [3.05, 3.63) is 28.2 Å². The first kappa shape index (κ1) is 15.0. The number of hydrogen-bond acceptors (Lipinski definition) is 4. The van der Waals surface area contributed by atoms with Crippen LogP contribution in [-0.2, 0) is 9.53 Å². The molecule has 1 unspecified atom stereocenters. The minimum Gasteiger partial charge on any atom is -0.466 e. The van der Waals surface area contributed by atoms with Crippen LogP contribution in [0, 0.1) is 5.92 Å². The Kier molecular flexibility index (Phi) is 5.17. The van der Waals surface area contributed by atoms with Gasteiger partial charge in [0.25, 0.3) is 0 Å². The van der Waals surface area contributed by atoms with Crippen molar-refractivity contribution in [3.8, 4) is 0 Å². The number of ether oxygens (including phenoxy) is 1. The Bertz CT molecular complexity index is 504. The lowest BCUT2D eigenvalue weighted by atomic mass is 10.1. The van der Waals surface area contributed by atoms with Crippen LogP contribution in [0.25, 0.3) is 0 Å². The molecule has 1 heterocycles. The first-order valence-electron chi connectivity index (χ1n) is 6.79. The molecule has 0 spiro atoms. The first-order valence-corrected chi connectivity index (χ1v) is 7.58. The summed E-state index contributed by atoms with van der Waals surface area (Å²) in [6.45, 7) is 3.90. The number of carbonyl (C=O) groups is 2. The molecule has 1 atom stereocenters. The van der Waals surface area contributed by atoms with E-state index in [1.807, 2.05) is 25.1 Å². The van der Waals surface area contributed by atoms with Crippen molar-refractivity contribution >= 4 is 33.9 Å². The van der Waals surface area contributed by atoms with Crippen molar-refractivity contribution in [2.75, 3.05) is 24.6 Å². The van der Waals surface area contributed by atoms with Crippen molar-refractivity contribution in [1.29, 1.82) is 0 Å². The topological polar surface area (TPSA) is 46.6 Å². The highest BCUT2D eigenvalue weighted by Gasteiger charge is 2.26. The molecular weight excluding hydrogens is 322 g/mol. The third-order valence-corrected chi connectivity index (χ3v) is 4.00. The lowest BCUT2D eigenvalue weighted by molar-refractivity contribution is -0.144. The molecule has 0 radical (unpaired) electrons. The fraction of sp³-hybridized carbons (Fsp3) is 0.467. The summed E-state index contributed by atoms with van der Waals surface area (Å²) >= 11 is 3.37. The van der Waals surface area contributed by atoms with E-state index in [9.17, 15) is 9.59 Å². The average molecular weight is 340 g/mol. The molecule has 0 aromatic heterocycles. The zero-order chi connectivity index (χ0) is 14.5. The summed E-state index contributed by atoms with van der Waals surface area (Å²) in [5.74, 6) is 0.169. The molecule has 1 aromatic rings. The van der Waals surface area contributed by atoms with Gasteiger partial charge in [-0.2, -0.15) is 0 Å². The number of aldehydes is 1. The highest BCUT2D eigenvalue weighted by Crippen LogP contribution is 2.29. The second-order valence-corrected chi connectivity index (χ2v) is 5.85. The summed E-state index contributed by atoms with van der Waals surface area (Å²) in [5.41, 5.74) is 1.62. The van der Waals surface area contributed by atoms with E-state index in [0.29, 0.717) is 24.5 Å². The number of hydrogen-bond donors (Lipinski definition) is 0. The molecule has 108 valence electrons. The first-order chi connectivity index (χ1) is 9.63. The molecule has 1 aliphatic rings. The van der Waals surface area contributed by atoms with Crippen LogP contribution in [0.4, 0.5) is 5.69 Å². The molecule has 20 heavy (non-hydrogen) atoms. The Balaban J connectivity index is 2.02. The quantitative estimate of drug-likeness (QED) is 0.611. The van der Waals surface area contributed by atoms with Crippen molar-refractivity contribution in [1.82, 2.24) is 0 Å². The summed E-state index contributed by atoms with van der Waals surface area (Å²) in [6.07, 6.45) is 2.28. The van der Waals surface area contributed by atoms with E-state index in [0.717, 1.165) is 36.0 Å². The summed E-state index contributed by atoms with van der Waals surface area (Å²) in [4.78, 5) is 24.8. The number of esters is 1. The minimum absolute atomic E-state index is 0.134. The van der Waals surface area contributed by atoms with Crippen molar-refractivity contribution < 1.29 is 14.3 Å². The van der Waals surface area contributed by atoms with Crippen molar-refractivity contribution in [3.63, 3.8) is 0 Å². The van der Waals surface area contributed by atoms with Crippen LogP contribution in [0.15, 0.2) is 22.7 Å². The lowest BCUT2D eigenvalue weighted by Gasteiger charge is -2.20. The van der Waals surface area contributed by atoms with E-state index >= 15 is 0 Å². The Morgan fingerprint density at radius 1 is 1.55 bits per heavy atom. The molecule has 0 aliphatic carbocycles. The maximum absolute atomic E-state index is 11.5. The minimum atomic E-state index is -0.134. The van der Waals surface area contributed by atoms with Gasteiger partial charge in [0.15, 0.2) is 6.29 Å². The van der Waals surface area contributed by atoms with E-state index in [1.54, 1.807) is 0 Å². The lowest BCUT2D eigenvalue weighted by Crippen LogP contribution is -2.22. The van der Waals surface area contributed by atoms with Crippen molar-refractivity contribution in [2.24, 2.45) is 5.92 Å². The van der Waals surface area contributed by atoms with Crippen LogP contribution in [0.2, 0.25) is 0 Å². The van der Waals surface area contributed by atoms with E-state index in [1.165, 1.54) is 0 Å². The molecule has 5 heteroatoms. The summed E-state index contributed by atoms with van der Waals surface area (Å²) < 4.78 is 5.88. The molecule has 1 fully saturated rings. The van der Waals surface area contributed by atoms with Gasteiger partial charge in [-0.15, -0.1) is 0 Å². The maximum Gasteiger partial charge on any atom is 0.306 e. The van der Waals surface area contributed by atoms with E-state index in [2.05, 4.69) is 20.8 Å². The smallest absolute Gasteiger partial charge is 0.306 e. The highest BCUT2D eigenvalue weighted by atomic mass is 79.9. The van der Waals surface area contributed by atoms with Crippen molar-refractivity contribution in [2.45, 2.75) is 19.8 Å². The molecular formula is C15H18BrNO3. The zero-order valence-corrected chi connectivity index (χ0v) is 13.1. The molecule has 1 aromatic carbocycles. The molecule has 0 amide bonds. The van der Waals surface area contributed by atoms with Gasteiger partial charge in [-0.1, -0.05) is 15.9 Å². The maximum atomic E-state index is 11.5. The highest BCUT2D eigenvalue weighted by molar-refractivity contribution is 9.10. The molecule has 1 aliphatic heterocycles. The molecule has 0 N–H and O–H groups in total. The molecule has 4 nitrogen and oxygen atoms in total. The normalized spacial score (nSPS) is 18.1. The number of anilines is 1. The Morgan fingerprint density at radius 2 is 2.35 bits per heavy atom. The molecule has 1 saturated heterocycles. The van der Waals surface area contributed by atoms with E-state index < -0.39 is 0 Å². The SMILES string of the molecule is CCOC(=O)CC1CCN(c2ccc(Br)cc2C=O)C1. The standard InChI is InChI=1S/C15H18BrNO3/c1-2-20-15(19)7-11-5-6-17(9-11)14-4-3-13(16)8-12(14)10-18/h3-4,8,10-11H,2,5-7,9H2,1H3. The van der Waals surface area contributed by atoms with Gasteiger partial charge in [-0.25, -0.2) is 0 Å².